The number of hydrogen-bond donors (Lipinski definition) is 0. The van der Waals surface area contributed by atoms with Crippen LogP contribution in [0.15, 0.2) is 41.8 Å². The van der Waals surface area contributed by atoms with E-state index < -0.39 is 21.6 Å². The van der Waals surface area contributed by atoms with Gasteiger partial charge in [0.25, 0.3) is 0 Å². The van der Waals surface area contributed by atoms with E-state index >= 15 is 0 Å². The molecule has 0 aliphatic heterocycles. The molecule has 0 atom stereocenters. The molecule has 0 radical (unpaired) electrons. The van der Waals surface area contributed by atoms with E-state index in [0.29, 0.717) is 6.61 Å². The minimum Gasteiger partial charge on any atom is -0.478 e. The second kappa shape index (κ2) is 10.4. The molecule has 0 saturated carbocycles. The third kappa shape index (κ3) is 5.20. The number of esters is 1. The molecule has 0 aliphatic rings. The maximum atomic E-state index is 13.6. The van der Waals surface area contributed by atoms with Crippen LogP contribution in [-0.2, 0) is 30.5 Å². The average Bonchev–Trinajstić information content (AvgIpc) is 3.53. The molecule has 0 saturated heterocycles. The molecular formula is C24H25ClN6O6S. The summed E-state index contributed by atoms with van der Waals surface area (Å²) in [5.41, 5.74) is 1.12. The molecule has 0 aliphatic carbocycles. The van der Waals surface area contributed by atoms with Crippen LogP contribution in [0.1, 0.15) is 44.3 Å². The highest BCUT2D eigenvalue weighted by atomic mass is 35.5. The Hall–Kier alpha value is -3.97. The Morgan fingerprint density at radius 2 is 1.63 bits per heavy atom. The van der Waals surface area contributed by atoms with Crippen LogP contribution in [0, 0.1) is 6.92 Å². The quantitative estimate of drug-likeness (QED) is 0.223. The molecule has 3 aromatic heterocycles. The van der Waals surface area contributed by atoms with Crippen LogP contribution >= 0.6 is 11.6 Å². The second-order valence-electron chi connectivity index (χ2n) is 8.52. The highest BCUT2D eigenvalue weighted by Crippen LogP contribution is 2.32. The number of hydrogen-bond acceptors (Lipinski definition) is 9. The molecule has 0 bridgehead atoms. The number of nitrogens with zero attached hydrogens (tertiary/aromatic N) is 6. The van der Waals surface area contributed by atoms with Gasteiger partial charge >= 0.3 is 5.97 Å². The topological polar surface area (TPSA) is 140 Å². The predicted octanol–water partition coefficient (Wildman–Crippen LogP) is 2.61. The number of ether oxygens (including phenoxy) is 2. The first-order chi connectivity index (χ1) is 17.9. The molecule has 38 heavy (non-hydrogen) atoms. The summed E-state index contributed by atoms with van der Waals surface area (Å²) in [6.45, 7) is 3.93. The lowest BCUT2D eigenvalue weighted by Crippen LogP contribution is -2.16. The van der Waals surface area contributed by atoms with Crippen LogP contribution in [0.25, 0.3) is 0 Å². The van der Waals surface area contributed by atoms with Gasteiger partial charge in [0.2, 0.25) is 17.5 Å². The number of benzene rings is 1. The van der Waals surface area contributed by atoms with Gasteiger partial charge in [0.05, 0.1) is 41.7 Å². The van der Waals surface area contributed by atoms with Crippen molar-refractivity contribution < 1.29 is 27.5 Å². The summed E-state index contributed by atoms with van der Waals surface area (Å²) < 4.78 is 40.1. The Labute approximate surface area is 223 Å². The van der Waals surface area contributed by atoms with E-state index in [-0.39, 0.29) is 50.5 Å². The van der Waals surface area contributed by atoms with Gasteiger partial charge in [-0.05, 0) is 31.5 Å². The van der Waals surface area contributed by atoms with E-state index in [1.165, 1.54) is 45.6 Å². The van der Waals surface area contributed by atoms with E-state index in [4.69, 9.17) is 21.1 Å². The maximum Gasteiger partial charge on any atom is 0.352 e. The summed E-state index contributed by atoms with van der Waals surface area (Å²) >= 11 is 6.65. The Morgan fingerprint density at radius 3 is 2.24 bits per heavy atom. The Balaban J connectivity index is 1.73. The van der Waals surface area contributed by atoms with Crippen LogP contribution in [0.2, 0.25) is 5.02 Å². The minimum atomic E-state index is -3.68. The first-order valence-electron chi connectivity index (χ1n) is 11.4. The van der Waals surface area contributed by atoms with Crippen molar-refractivity contribution in [2.45, 2.75) is 25.3 Å². The first kappa shape index (κ1) is 27.1. The van der Waals surface area contributed by atoms with E-state index in [9.17, 15) is 18.0 Å². The van der Waals surface area contributed by atoms with Gasteiger partial charge in [0, 0.05) is 37.7 Å². The first-order valence-corrected chi connectivity index (χ1v) is 13.6. The SMILES string of the molecule is CCOc1c(C(=O)Oc2c(C(=O)c3ccc(S(C)(=O)=O)c(Cn4cc(C)cn4)c3Cl)cnn2C)cnn1C. The van der Waals surface area contributed by atoms with Crippen molar-refractivity contribution in [3.63, 3.8) is 0 Å². The van der Waals surface area contributed by atoms with Crippen LogP contribution in [-0.4, -0.2) is 62.4 Å². The van der Waals surface area contributed by atoms with Gasteiger partial charge in [-0.1, -0.05) is 11.6 Å². The van der Waals surface area contributed by atoms with Gasteiger partial charge in [-0.25, -0.2) is 22.6 Å². The molecule has 1 aromatic carbocycles. The van der Waals surface area contributed by atoms with Crippen LogP contribution in [0.5, 0.6) is 11.8 Å². The third-order valence-corrected chi connectivity index (χ3v) is 7.24. The molecule has 4 aromatic rings. The average molecular weight is 561 g/mol. The van der Waals surface area contributed by atoms with Crippen molar-refractivity contribution in [2.24, 2.45) is 14.1 Å². The lowest BCUT2D eigenvalue weighted by Gasteiger charge is -2.14. The third-order valence-electron chi connectivity index (χ3n) is 5.63. The molecule has 0 amide bonds. The summed E-state index contributed by atoms with van der Waals surface area (Å²) in [6.07, 6.45) is 6.96. The summed E-state index contributed by atoms with van der Waals surface area (Å²) in [4.78, 5) is 26.6. The number of halogens is 1. The van der Waals surface area contributed by atoms with Crippen molar-refractivity contribution in [3.05, 3.63) is 69.8 Å². The zero-order valence-corrected chi connectivity index (χ0v) is 22.9. The lowest BCUT2D eigenvalue weighted by molar-refractivity contribution is 0.0713. The summed E-state index contributed by atoms with van der Waals surface area (Å²) in [5.74, 6) is -1.32. The number of aromatic nitrogens is 6. The number of rotatable bonds is 9. The predicted molar refractivity (Wildman–Crippen MR) is 137 cm³/mol. The van der Waals surface area contributed by atoms with Gasteiger partial charge in [-0.3, -0.25) is 9.48 Å². The summed E-state index contributed by atoms with van der Waals surface area (Å²) in [6, 6.07) is 2.65. The van der Waals surface area contributed by atoms with Crippen molar-refractivity contribution in [2.75, 3.05) is 12.9 Å². The molecule has 3 heterocycles. The summed E-state index contributed by atoms with van der Waals surface area (Å²) in [7, 11) is -0.554. The molecule has 0 fully saturated rings. The fraction of sp³-hybridized carbons (Fsp3) is 0.292. The van der Waals surface area contributed by atoms with E-state index in [1.807, 2.05) is 6.92 Å². The molecular weight excluding hydrogens is 536 g/mol. The number of carbonyl (C=O) groups excluding carboxylic acids is 2. The number of aryl methyl sites for hydroxylation is 3. The van der Waals surface area contributed by atoms with Gasteiger partial charge in [0.1, 0.15) is 11.1 Å². The molecule has 0 spiro atoms. The lowest BCUT2D eigenvalue weighted by atomic mass is 10.0. The molecule has 200 valence electrons. The normalized spacial score (nSPS) is 11.5. The monoisotopic (exact) mass is 560 g/mol. The van der Waals surface area contributed by atoms with Crippen LogP contribution in [0.4, 0.5) is 0 Å². The van der Waals surface area contributed by atoms with Crippen molar-refractivity contribution in [1.29, 1.82) is 0 Å². The minimum absolute atomic E-state index is 0.0135. The molecule has 4 rings (SSSR count). The summed E-state index contributed by atoms with van der Waals surface area (Å²) in [5, 5.41) is 12.2. The Morgan fingerprint density at radius 1 is 0.974 bits per heavy atom. The number of sulfone groups is 1. The molecule has 14 heteroatoms. The fourth-order valence-corrected chi connectivity index (χ4v) is 5.15. The van der Waals surface area contributed by atoms with Gasteiger partial charge < -0.3 is 9.47 Å². The van der Waals surface area contributed by atoms with Crippen LogP contribution in [0.3, 0.4) is 0 Å². The van der Waals surface area contributed by atoms with Crippen molar-refractivity contribution in [1.82, 2.24) is 29.3 Å². The van der Waals surface area contributed by atoms with Crippen molar-refractivity contribution >= 4 is 33.2 Å². The number of carbonyl (C=O) groups is 2. The smallest absolute Gasteiger partial charge is 0.352 e. The van der Waals surface area contributed by atoms with Gasteiger partial charge in [-0.15, -0.1) is 0 Å². The zero-order valence-electron chi connectivity index (χ0n) is 21.3. The van der Waals surface area contributed by atoms with E-state index in [2.05, 4.69) is 15.3 Å². The van der Waals surface area contributed by atoms with Crippen LogP contribution < -0.4 is 9.47 Å². The molecule has 0 N–H and O–H groups in total. The van der Waals surface area contributed by atoms with Gasteiger partial charge in [-0.2, -0.15) is 15.3 Å². The second-order valence-corrected chi connectivity index (χ2v) is 10.9. The molecule has 12 nitrogen and oxygen atoms in total. The van der Waals surface area contributed by atoms with E-state index in [0.717, 1.165) is 11.8 Å². The van der Waals surface area contributed by atoms with Crippen molar-refractivity contribution in [3.8, 4) is 11.8 Å². The van der Waals surface area contributed by atoms with E-state index in [1.54, 1.807) is 26.4 Å². The highest BCUT2D eigenvalue weighted by molar-refractivity contribution is 7.90. The fourth-order valence-electron chi connectivity index (χ4n) is 3.85. The Bertz CT molecular complexity index is 1650. The number of ketones is 1. The highest BCUT2D eigenvalue weighted by Gasteiger charge is 2.28. The molecule has 0 unspecified atom stereocenters. The Kier molecular flexibility index (Phi) is 7.42. The maximum absolute atomic E-state index is 13.6. The zero-order chi connectivity index (χ0) is 27.8. The largest absolute Gasteiger partial charge is 0.478 e. The standard InChI is InChI=1S/C24H25ClN6O6S/c1-6-36-22-17(11-27-29(22)3)24(33)37-23-16(10-26-30(23)4)21(32)15-7-8-19(38(5,34)35)18(20(15)25)13-31-12-14(2)9-28-31/h7-12H,6,13H2,1-5H3. The van der Waals surface area contributed by atoms with Gasteiger partial charge in [0.15, 0.2) is 9.84 Å².